The zero-order valence-electron chi connectivity index (χ0n) is 14.4. The number of imidazole rings is 1. The zero-order valence-corrected chi connectivity index (χ0v) is 14.4. The van der Waals surface area contributed by atoms with Crippen LogP contribution in [0, 0.1) is 6.92 Å². The lowest BCUT2D eigenvalue weighted by Gasteiger charge is -2.12. The molecule has 0 saturated carbocycles. The van der Waals surface area contributed by atoms with E-state index >= 15 is 0 Å². The van der Waals surface area contributed by atoms with E-state index in [1.165, 1.54) is 6.07 Å². The minimum absolute atomic E-state index is 0.134. The Hall–Kier alpha value is -3.09. The van der Waals surface area contributed by atoms with Crippen LogP contribution < -0.4 is 15.0 Å². The van der Waals surface area contributed by atoms with Crippen molar-refractivity contribution in [3.8, 4) is 22.9 Å². The molecule has 1 aromatic carbocycles. The van der Waals surface area contributed by atoms with E-state index in [-0.39, 0.29) is 5.56 Å². The van der Waals surface area contributed by atoms with Crippen LogP contribution in [0.3, 0.4) is 0 Å². The monoisotopic (exact) mass is 340 g/mol. The largest absolute Gasteiger partial charge is 0.497 e. The number of aromatic amines is 1. The molecule has 3 rings (SSSR count). The summed E-state index contributed by atoms with van der Waals surface area (Å²) in [4.78, 5) is 23.1. The van der Waals surface area contributed by atoms with Gasteiger partial charge in [0.15, 0.2) is 0 Å². The SMILES string of the molecule is COc1ccc(-c2nccn2CCc2nc(C)cc(=O)[nH]2)c(OC)c1. The highest BCUT2D eigenvalue weighted by atomic mass is 16.5. The Morgan fingerprint density at radius 3 is 2.76 bits per heavy atom. The Kier molecular flexibility index (Phi) is 4.83. The molecule has 1 N–H and O–H groups in total. The number of benzene rings is 1. The first-order chi connectivity index (χ1) is 12.1. The number of nitrogens with one attached hydrogen (secondary N) is 1. The number of nitrogens with zero attached hydrogens (tertiary/aromatic N) is 3. The van der Waals surface area contributed by atoms with Crippen molar-refractivity contribution in [3.05, 3.63) is 58.5 Å². The van der Waals surface area contributed by atoms with Gasteiger partial charge in [0.25, 0.3) is 5.56 Å². The maximum atomic E-state index is 11.6. The van der Waals surface area contributed by atoms with Gasteiger partial charge in [0, 0.05) is 43.2 Å². The molecule has 2 heterocycles. The standard InChI is InChI=1S/C18H20N4O3/c1-12-10-17(23)21-16(20-12)6-8-22-9-7-19-18(22)14-5-4-13(24-2)11-15(14)25-3/h4-5,7,9-11H,6,8H2,1-3H3,(H,20,21,23). The van der Waals surface area contributed by atoms with Gasteiger partial charge < -0.3 is 19.0 Å². The van der Waals surface area contributed by atoms with E-state index in [0.29, 0.717) is 30.2 Å². The molecule has 0 aliphatic heterocycles. The summed E-state index contributed by atoms with van der Waals surface area (Å²) in [5.74, 6) is 2.86. The first kappa shape index (κ1) is 16.8. The van der Waals surface area contributed by atoms with Crippen LogP contribution in [-0.2, 0) is 13.0 Å². The molecule has 0 aliphatic rings. The molecule has 0 unspecified atom stereocenters. The number of methoxy groups -OCH3 is 2. The van der Waals surface area contributed by atoms with Gasteiger partial charge in [-0.3, -0.25) is 4.79 Å². The summed E-state index contributed by atoms with van der Waals surface area (Å²) in [7, 11) is 3.23. The van der Waals surface area contributed by atoms with Crippen LogP contribution in [0.4, 0.5) is 0 Å². The first-order valence-corrected chi connectivity index (χ1v) is 7.91. The van der Waals surface area contributed by atoms with Crippen molar-refractivity contribution < 1.29 is 9.47 Å². The Balaban J connectivity index is 1.87. The van der Waals surface area contributed by atoms with Gasteiger partial charge in [0.05, 0.1) is 19.8 Å². The van der Waals surface area contributed by atoms with Gasteiger partial charge in [-0.05, 0) is 19.1 Å². The number of aryl methyl sites for hydroxylation is 3. The minimum Gasteiger partial charge on any atom is -0.497 e. The van der Waals surface area contributed by atoms with E-state index in [0.717, 1.165) is 17.1 Å². The molecule has 25 heavy (non-hydrogen) atoms. The van der Waals surface area contributed by atoms with Gasteiger partial charge >= 0.3 is 0 Å². The molecule has 0 saturated heterocycles. The minimum atomic E-state index is -0.134. The molecule has 0 radical (unpaired) electrons. The summed E-state index contributed by atoms with van der Waals surface area (Å²) in [5, 5.41) is 0. The summed E-state index contributed by atoms with van der Waals surface area (Å²) in [5.41, 5.74) is 1.45. The molecule has 7 heteroatoms. The van der Waals surface area contributed by atoms with Crippen molar-refractivity contribution in [2.75, 3.05) is 14.2 Å². The molecule has 0 fully saturated rings. The normalized spacial score (nSPS) is 10.7. The van der Waals surface area contributed by atoms with Crippen LogP contribution in [-0.4, -0.2) is 33.7 Å². The van der Waals surface area contributed by atoms with Gasteiger partial charge in [-0.2, -0.15) is 0 Å². The predicted octanol–water partition coefficient (Wildman–Crippen LogP) is 2.20. The third-order valence-corrected chi connectivity index (χ3v) is 3.87. The van der Waals surface area contributed by atoms with Crippen molar-refractivity contribution in [2.24, 2.45) is 0 Å². The van der Waals surface area contributed by atoms with Crippen LogP contribution in [0.15, 0.2) is 41.5 Å². The molecule has 7 nitrogen and oxygen atoms in total. The highest BCUT2D eigenvalue weighted by molar-refractivity contribution is 5.66. The highest BCUT2D eigenvalue weighted by Gasteiger charge is 2.13. The van der Waals surface area contributed by atoms with Crippen molar-refractivity contribution in [1.29, 1.82) is 0 Å². The lowest BCUT2D eigenvalue weighted by molar-refractivity contribution is 0.395. The average Bonchev–Trinajstić information content (AvgIpc) is 3.06. The maximum Gasteiger partial charge on any atom is 0.251 e. The Labute approximate surface area is 145 Å². The predicted molar refractivity (Wildman–Crippen MR) is 94.1 cm³/mol. The number of ether oxygens (including phenoxy) is 2. The van der Waals surface area contributed by atoms with E-state index in [2.05, 4.69) is 15.0 Å². The molecule has 130 valence electrons. The highest BCUT2D eigenvalue weighted by Crippen LogP contribution is 2.32. The van der Waals surface area contributed by atoms with Crippen LogP contribution >= 0.6 is 0 Å². The number of rotatable bonds is 6. The molecule has 0 spiro atoms. The Morgan fingerprint density at radius 1 is 1.20 bits per heavy atom. The number of hydrogen-bond donors (Lipinski definition) is 1. The number of aromatic nitrogens is 4. The van der Waals surface area contributed by atoms with Crippen LogP contribution in [0.5, 0.6) is 11.5 Å². The van der Waals surface area contributed by atoms with Gasteiger partial charge in [-0.1, -0.05) is 0 Å². The molecule has 0 amide bonds. The summed E-state index contributed by atoms with van der Waals surface area (Å²) >= 11 is 0. The van der Waals surface area contributed by atoms with Gasteiger partial charge in [-0.25, -0.2) is 9.97 Å². The van der Waals surface area contributed by atoms with Crippen LogP contribution in [0.2, 0.25) is 0 Å². The second-order valence-electron chi connectivity index (χ2n) is 5.59. The van der Waals surface area contributed by atoms with E-state index in [9.17, 15) is 4.79 Å². The third kappa shape index (κ3) is 3.71. The summed E-state index contributed by atoms with van der Waals surface area (Å²) in [6.45, 7) is 2.44. The zero-order chi connectivity index (χ0) is 17.8. The molecule has 0 aliphatic carbocycles. The number of hydrogen-bond acceptors (Lipinski definition) is 5. The first-order valence-electron chi connectivity index (χ1n) is 7.91. The van der Waals surface area contributed by atoms with Gasteiger partial charge in [0.1, 0.15) is 23.1 Å². The topological polar surface area (TPSA) is 82.0 Å². The van der Waals surface area contributed by atoms with Gasteiger partial charge in [0.2, 0.25) is 0 Å². The Morgan fingerprint density at radius 2 is 2.04 bits per heavy atom. The molecule has 0 bridgehead atoms. The second kappa shape index (κ2) is 7.21. The van der Waals surface area contributed by atoms with Crippen molar-refractivity contribution in [3.63, 3.8) is 0 Å². The average molecular weight is 340 g/mol. The van der Waals surface area contributed by atoms with Gasteiger partial charge in [-0.15, -0.1) is 0 Å². The molecule has 3 aromatic rings. The van der Waals surface area contributed by atoms with E-state index in [1.807, 2.05) is 35.9 Å². The Bertz CT molecular complexity index is 930. The van der Waals surface area contributed by atoms with E-state index in [4.69, 9.17) is 9.47 Å². The summed E-state index contributed by atoms with van der Waals surface area (Å²) in [6, 6.07) is 7.10. The van der Waals surface area contributed by atoms with E-state index in [1.54, 1.807) is 20.4 Å². The van der Waals surface area contributed by atoms with Crippen LogP contribution in [0.1, 0.15) is 11.5 Å². The molecule has 0 atom stereocenters. The fraction of sp³-hybridized carbons (Fsp3) is 0.278. The summed E-state index contributed by atoms with van der Waals surface area (Å²) in [6.07, 6.45) is 4.23. The van der Waals surface area contributed by atoms with Crippen LogP contribution in [0.25, 0.3) is 11.4 Å². The van der Waals surface area contributed by atoms with Crippen molar-refractivity contribution in [2.45, 2.75) is 19.9 Å². The van der Waals surface area contributed by atoms with Crippen molar-refractivity contribution >= 4 is 0 Å². The molecule has 2 aromatic heterocycles. The lowest BCUT2D eigenvalue weighted by Crippen LogP contribution is -2.13. The van der Waals surface area contributed by atoms with Crippen molar-refractivity contribution in [1.82, 2.24) is 19.5 Å². The fourth-order valence-electron chi connectivity index (χ4n) is 2.70. The lowest BCUT2D eigenvalue weighted by atomic mass is 10.1. The number of H-pyrrole nitrogens is 1. The third-order valence-electron chi connectivity index (χ3n) is 3.87. The summed E-state index contributed by atoms with van der Waals surface area (Å²) < 4.78 is 12.7. The van der Waals surface area contributed by atoms with E-state index < -0.39 is 0 Å². The molecular weight excluding hydrogens is 320 g/mol. The quantitative estimate of drug-likeness (QED) is 0.744. The second-order valence-corrected chi connectivity index (χ2v) is 5.59. The fourth-order valence-corrected chi connectivity index (χ4v) is 2.70. The smallest absolute Gasteiger partial charge is 0.251 e. The molecular formula is C18H20N4O3. The maximum absolute atomic E-state index is 11.6.